The number of hydrogen-bond donors (Lipinski definition) is 2. The molecule has 106 valence electrons. The lowest BCUT2D eigenvalue weighted by Crippen LogP contribution is -2.50. The average molecular weight is 273 g/mol. The molecule has 0 aromatic rings. The lowest BCUT2D eigenvalue weighted by atomic mass is 9.88. The van der Waals surface area contributed by atoms with Crippen molar-refractivity contribution in [3.8, 4) is 0 Å². The molecule has 0 aromatic heterocycles. The van der Waals surface area contributed by atoms with Crippen molar-refractivity contribution in [1.29, 1.82) is 0 Å². The fourth-order valence-electron chi connectivity index (χ4n) is 3.45. The normalized spacial score (nSPS) is 30.5. The third-order valence-electron chi connectivity index (χ3n) is 4.55. The largest absolute Gasteiger partial charge is 0.395 e. The van der Waals surface area contributed by atoms with Gasteiger partial charge in [-0.2, -0.15) is 11.8 Å². The molecule has 0 bridgehead atoms. The van der Waals surface area contributed by atoms with Crippen LogP contribution in [0.5, 0.6) is 0 Å². The van der Waals surface area contributed by atoms with Gasteiger partial charge in [-0.15, -0.1) is 0 Å². The molecule has 1 heterocycles. The topological polar surface area (TPSA) is 41.5 Å². The molecule has 3 unspecified atom stereocenters. The predicted octanol–water partition coefficient (Wildman–Crippen LogP) is 2.18. The molecule has 18 heavy (non-hydrogen) atoms. The number of rotatable bonds is 5. The Morgan fingerprint density at radius 1 is 1.44 bits per heavy atom. The Morgan fingerprint density at radius 2 is 2.17 bits per heavy atom. The molecule has 0 radical (unpaired) electrons. The number of aliphatic hydroxyl groups excluding tert-OH is 1. The summed E-state index contributed by atoms with van der Waals surface area (Å²) < 4.78 is 6.06. The molecule has 4 heteroatoms. The first kappa shape index (κ1) is 14.6. The highest BCUT2D eigenvalue weighted by Gasteiger charge is 2.40. The van der Waals surface area contributed by atoms with Crippen LogP contribution in [0.25, 0.3) is 0 Å². The fraction of sp³-hybridized carbons (Fsp3) is 1.00. The number of nitrogens with one attached hydrogen (secondary N) is 1. The molecule has 2 aliphatic rings. The molecule has 3 atom stereocenters. The lowest BCUT2D eigenvalue weighted by molar-refractivity contribution is -0.0846. The summed E-state index contributed by atoms with van der Waals surface area (Å²) in [5.41, 5.74) is 0.184. The minimum atomic E-state index is 0.184. The second kappa shape index (κ2) is 6.60. The molecule has 2 fully saturated rings. The molecule has 1 spiro atoms. The Labute approximate surface area is 115 Å². The van der Waals surface area contributed by atoms with Crippen LogP contribution in [-0.4, -0.2) is 47.5 Å². The maximum atomic E-state index is 9.35. The van der Waals surface area contributed by atoms with E-state index in [1.807, 2.05) is 0 Å². The molecule has 1 saturated carbocycles. The minimum absolute atomic E-state index is 0.184. The van der Waals surface area contributed by atoms with Gasteiger partial charge in [0.25, 0.3) is 0 Å². The number of thioether (sulfide) groups is 1. The quantitative estimate of drug-likeness (QED) is 0.805. The second-order valence-corrected chi connectivity index (χ2v) is 6.92. The van der Waals surface area contributed by atoms with Gasteiger partial charge in [-0.25, -0.2) is 0 Å². The van der Waals surface area contributed by atoms with Crippen molar-refractivity contribution in [3.63, 3.8) is 0 Å². The van der Waals surface area contributed by atoms with E-state index >= 15 is 0 Å². The first-order valence-electron chi connectivity index (χ1n) is 7.23. The van der Waals surface area contributed by atoms with Crippen LogP contribution in [0.15, 0.2) is 0 Å². The Bertz CT molecular complexity index is 252. The van der Waals surface area contributed by atoms with E-state index in [-0.39, 0.29) is 12.2 Å². The van der Waals surface area contributed by atoms with Crippen molar-refractivity contribution in [2.75, 3.05) is 19.5 Å². The van der Waals surface area contributed by atoms with Gasteiger partial charge in [-0.1, -0.05) is 12.8 Å². The Morgan fingerprint density at radius 3 is 2.78 bits per heavy atom. The highest BCUT2D eigenvalue weighted by Crippen LogP contribution is 2.40. The van der Waals surface area contributed by atoms with Crippen molar-refractivity contribution in [3.05, 3.63) is 0 Å². The Balaban J connectivity index is 1.85. The van der Waals surface area contributed by atoms with E-state index in [9.17, 15) is 5.11 Å². The van der Waals surface area contributed by atoms with Crippen molar-refractivity contribution in [1.82, 2.24) is 5.32 Å². The monoisotopic (exact) mass is 273 g/mol. The second-order valence-electron chi connectivity index (χ2n) is 5.84. The summed E-state index contributed by atoms with van der Waals surface area (Å²) >= 11 is 1.75. The van der Waals surface area contributed by atoms with Crippen molar-refractivity contribution in [2.24, 2.45) is 0 Å². The Hall–Kier alpha value is 0.230. The van der Waals surface area contributed by atoms with Gasteiger partial charge in [0.1, 0.15) is 0 Å². The first-order chi connectivity index (χ1) is 8.69. The molecule has 0 amide bonds. The van der Waals surface area contributed by atoms with Gasteiger partial charge in [-0.3, -0.25) is 0 Å². The fourth-order valence-corrected chi connectivity index (χ4v) is 4.09. The van der Waals surface area contributed by atoms with Crippen LogP contribution in [0, 0.1) is 0 Å². The molecule has 2 N–H and O–H groups in total. The van der Waals surface area contributed by atoms with E-state index in [1.165, 1.54) is 25.7 Å². The first-order valence-corrected chi connectivity index (χ1v) is 8.51. The summed E-state index contributed by atoms with van der Waals surface area (Å²) in [4.78, 5) is 0. The lowest BCUT2D eigenvalue weighted by Gasteiger charge is -2.40. The SMILES string of the molecule is CSC(CO)C(C)NC1CCOC2(CCCC2)C1. The summed E-state index contributed by atoms with van der Waals surface area (Å²) in [5.74, 6) is 0. The van der Waals surface area contributed by atoms with Gasteiger partial charge in [-0.05, 0) is 38.9 Å². The van der Waals surface area contributed by atoms with E-state index in [1.54, 1.807) is 11.8 Å². The highest BCUT2D eigenvalue weighted by atomic mass is 32.2. The van der Waals surface area contributed by atoms with E-state index in [4.69, 9.17) is 4.74 Å². The van der Waals surface area contributed by atoms with Gasteiger partial charge >= 0.3 is 0 Å². The maximum absolute atomic E-state index is 9.35. The van der Waals surface area contributed by atoms with Gasteiger partial charge in [0.05, 0.1) is 12.2 Å². The molecule has 1 aliphatic carbocycles. The maximum Gasteiger partial charge on any atom is 0.0697 e. The van der Waals surface area contributed by atoms with Crippen LogP contribution >= 0.6 is 11.8 Å². The predicted molar refractivity (Wildman–Crippen MR) is 77.2 cm³/mol. The summed E-state index contributed by atoms with van der Waals surface area (Å²) in [6.45, 7) is 3.34. The van der Waals surface area contributed by atoms with Crippen LogP contribution in [0.1, 0.15) is 45.4 Å². The minimum Gasteiger partial charge on any atom is -0.395 e. The number of aliphatic hydroxyl groups is 1. The summed E-state index contributed by atoms with van der Waals surface area (Å²) in [7, 11) is 0. The third-order valence-corrected chi connectivity index (χ3v) is 5.71. The van der Waals surface area contributed by atoms with Gasteiger partial charge in [0, 0.05) is 23.9 Å². The summed E-state index contributed by atoms with van der Waals surface area (Å²) in [5, 5.41) is 13.4. The molecule has 2 rings (SSSR count). The van der Waals surface area contributed by atoms with Crippen molar-refractivity contribution >= 4 is 11.8 Å². The number of hydrogen-bond acceptors (Lipinski definition) is 4. The zero-order valence-electron chi connectivity index (χ0n) is 11.7. The molecule has 1 saturated heterocycles. The average Bonchev–Trinajstić information content (AvgIpc) is 2.79. The Kier molecular flexibility index (Phi) is 5.36. The van der Waals surface area contributed by atoms with Crippen LogP contribution in [0.2, 0.25) is 0 Å². The molecule has 0 aromatic carbocycles. The zero-order chi connectivity index (χ0) is 13.0. The molecular formula is C14H27NO2S. The van der Waals surface area contributed by atoms with Crippen LogP contribution in [0.3, 0.4) is 0 Å². The van der Waals surface area contributed by atoms with Crippen LogP contribution in [-0.2, 0) is 4.74 Å². The van der Waals surface area contributed by atoms with E-state index in [0.717, 1.165) is 19.4 Å². The summed E-state index contributed by atoms with van der Waals surface area (Å²) in [6, 6.07) is 0.930. The van der Waals surface area contributed by atoms with E-state index in [2.05, 4.69) is 18.5 Å². The van der Waals surface area contributed by atoms with Crippen molar-refractivity contribution in [2.45, 2.75) is 68.4 Å². The van der Waals surface area contributed by atoms with Crippen molar-refractivity contribution < 1.29 is 9.84 Å². The van der Waals surface area contributed by atoms with Gasteiger partial charge in [0.2, 0.25) is 0 Å². The molecular weight excluding hydrogens is 246 g/mol. The van der Waals surface area contributed by atoms with E-state index in [0.29, 0.717) is 17.3 Å². The van der Waals surface area contributed by atoms with Crippen LogP contribution in [0.4, 0.5) is 0 Å². The molecule has 1 aliphatic heterocycles. The van der Waals surface area contributed by atoms with Crippen LogP contribution < -0.4 is 5.32 Å². The zero-order valence-corrected chi connectivity index (χ0v) is 12.5. The van der Waals surface area contributed by atoms with Gasteiger partial charge in [0.15, 0.2) is 0 Å². The summed E-state index contributed by atoms with van der Waals surface area (Å²) in [6.07, 6.45) is 9.47. The number of ether oxygens (including phenoxy) is 1. The third kappa shape index (κ3) is 3.41. The highest BCUT2D eigenvalue weighted by molar-refractivity contribution is 7.99. The van der Waals surface area contributed by atoms with E-state index < -0.39 is 0 Å². The standard InChI is InChI=1S/C14H27NO2S/c1-11(13(10-16)18-2)15-12-5-8-17-14(9-12)6-3-4-7-14/h11-13,15-16H,3-10H2,1-2H3. The van der Waals surface area contributed by atoms with Gasteiger partial charge < -0.3 is 15.2 Å². The molecule has 3 nitrogen and oxygen atoms in total. The smallest absolute Gasteiger partial charge is 0.0697 e.